The normalized spacial score (nSPS) is 30.4. The Bertz CT molecular complexity index is 571. The number of aliphatic hydroxyl groups excluding tert-OH is 1. The van der Waals surface area contributed by atoms with Crippen molar-refractivity contribution in [2.75, 3.05) is 5.75 Å². The van der Waals surface area contributed by atoms with Crippen LogP contribution in [0, 0.1) is 0 Å². The molecule has 3 rings (SSSR count). The van der Waals surface area contributed by atoms with Gasteiger partial charge in [-0.15, -0.1) is 0 Å². The lowest BCUT2D eigenvalue weighted by atomic mass is 9.95. The van der Waals surface area contributed by atoms with Gasteiger partial charge in [-0.25, -0.2) is 8.42 Å². The number of aromatic nitrogens is 1. The second-order valence-electron chi connectivity index (χ2n) is 4.76. The van der Waals surface area contributed by atoms with Gasteiger partial charge in [-0.05, 0) is 31.4 Å². The maximum absolute atomic E-state index is 11.4. The zero-order valence-corrected chi connectivity index (χ0v) is 10.2. The van der Waals surface area contributed by atoms with Gasteiger partial charge in [-0.2, -0.15) is 0 Å². The molecule has 2 unspecified atom stereocenters. The topological polar surface area (TPSA) is 59.3 Å². The van der Waals surface area contributed by atoms with Crippen LogP contribution in [0.3, 0.4) is 0 Å². The van der Waals surface area contributed by atoms with Crippen molar-refractivity contribution in [2.45, 2.75) is 31.4 Å². The second kappa shape index (κ2) is 3.71. The zero-order valence-electron chi connectivity index (χ0n) is 9.41. The third-order valence-corrected chi connectivity index (χ3v) is 4.96. The number of fused-ring (bicyclic) bond motifs is 1. The van der Waals surface area contributed by atoms with E-state index in [4.69, 9.17) is 0 Å². The smallest absolute Gasteiger partial charge is 0.173 e. The molecule has 0 amide bonds. The lowest BCUT2D eigenvalue weighted by Gasteiger charge is -2.22. The maximum atomic E-state index is 11.4. The predicted octanol–water partition coefficient (Wildman–Crippen LogP) is 1.34. The molecule has 0 saturated heterocycles. The number of hydrogen-bond acceptors (Lipinski definition) is 3. The fraction of sp³-hybridized carbons (Fsp3) is 0.500. The molecule has 1 aromatic heterocycles. The maximum Gasteiger partial charge on any atom is 0.173 e. The summed E-state index contributed by atoms with van der Waals surface area (Å²) in [6.45, 7) is 0. The quantitative estimate of drug-likeness (QED) is 0.821. The van der Waals surface area contributed by atoms with Crippen LogP contribution in [-0.4, -0.2) is 23.8 Å². The lowest BCUT2D eigenvalue weighted by Crippen LogP contribution is -2.17. The van der Waals surface area contributed by atoms with Crippen LogP contribution < -0.4 is 0 Å². The minimum absolute atomic E-state index is 0.103. The van der Waals surface area contributed by atoms with Crippen molar-refractivity contribution in [3.05, 3.63) is 35.0 Å². The van der Waals surface area contributed by atoms with E-state index in [0.717, 1.165) is 30.5 Å². The molecular formula is C12H15NO3S. The SMILES string of the molecule is O=S1(=O)C=CC(n2ccc3c2CCCC3O)C1. The van der Waals surface area contributed by atoms with Crippen LogP contribution in [0.15, 0.2) is 23.7 Å². The number of allylic oxidation sites excluding steroid dienone is 1. The molecule has 2 atom stereocenters. The van der Waals surface area contributed by atoms with Gasteiger partial charge < -0.3 is 9.67 Å². The minimum Gasteiger partial charge on any atom is -0.388 e. The summed E-state index contributed by atoms with van der Waals surface area (Å²) in [4.78, 5) is 0. The molecule has 17 heavy (non-hydrogen) atoms. The molecule has 5 heteroatoms. The molecular weight excluding hydrogens is 238 g/mol. The van der Waals surface area contributed by atoms with E-state index in [1.54, 1.807) is 6.08 Å². The van der Waals surface area contributed by atoms with E-state index < -0.39 is 9.84 Å². The Morgan fingerprint density at radius 3 is 2.94 bits per heavy atom. The molecule has 0 fully saturated rings. The largest absolute Gasteiger partial charge is 0.388 e. The Hall–Kier alpha value is -1.07. The van der Waals surface area contributed by atoms with Gasteiger partial charge in [0.25, 0.3) is 0 Å². The van der Waals surface area contributed by atoms with Crippen molar-refractivity contribution in [1.29, 1.82) is 0 Å². The van der Waals surface area contributed by atoms with Gasteiger partial charge >= 0.3 is 0 Å². The minimum atomic E-state index is -3.03. The first kappa shape index (κ1) is 11.0. The van der Waals surface area contributed by atoms with Gasteiger partial charge in [0.1, 0.15) is 0 Å². The standard InChI is InChI=1S/C12H15NO3S/c14-12-3-1-2-11-10(12)4-6-13(11)9-5-7-17(15,16)8-9/h4-7,9,12,14H,1-3,8H2. The van der Waals surface area contributed by atoms with E-state index in [2.05, 4.69) is 0 Å². The molecule has 1 aliphatic carbocycles. The second-order valence-corrected chi connectivity index (χ2v) is 6.69. The van der Waals surface area contributed by atoms with Crippen molar-refractivity contribution in [3.8, 4) is 0 Å². The van der Waals surface area contributed by atoms with Crippen LogP contribution in [0.1, 0.15) is 36.2 Å². The Kier molecular flexibility index (Phi) is 2.41. The Morgan fingerprint density at radius 2 is 2.24 bits per heavy atom. The highest BCUT2D eigenvalue weighted by Crippen LogP contribution is 2.33. The molecule has 0 radical (unpaired) electrons. The summed E-state index contributed by atoms with van der Waals surface area (Å²) >= 11 is 0. The molecule has 1 N–H and O–H groups in total. The molecule has 2 aliphatic rings. The summed E-state index contributed by atoms with van der Waals surface area (Å²) in [7, 11) is -3.03. The molecule has 2 heterocycles. The number of rotatable bonds is 1. The number of hydrogen-bond donors (Lipinski definition) is 1. The van der Waals surface area contributed by atoms with Gasteiger partial charge in [0, 0.05) is 22.9 Å². The molecule has 1 aromatic rings. The summed E-state index contributed by atoms with van der Waals surface area (Å²) in [6, 6.07) is 1.81. The summed E-state index contributed by atoms with van der Waals surface area (Å²) < 4.78 is 24.8. The zero-order chi connectivity index (χ0) is 12.0. The molecule has 0 aromatic carbocycles. The Balaban J connectivity index is 1.98. The highest BCUT2D eigenvalue weighted by atomic mass is 32.2. The Labute approximate surface area is 100 Å². The van der Waals surface area contributed by atoms with Gasteiger partial charge in [0.2, 0.25) is 0 Å². The summed E-state index contributed by atoms with van der Waals surface area (Å²) in [6.07, 6.45) is 5.93. The van der Waals surface area contributed by atoms with Gasteiger partial charge in [0.15, 0.2) is 9.84 Å². The van der Waals surface area contributed by atoms with E-state index in [0.29, 0.717) is 0 Å². The van der Waals surface area contributed by atoms with Crippen LogP contribution in [0.2, 0.25) is 0 Å². The first-order valence-corrected chi connectivity index (χ1v) is 7.57. The summed E-state index contributed by atoms with van der Waals surface area (Å²) in [5, 5.41) is 11.2. The monoisotopic (exact) mass is 253 g/mol. The highest BCUT2D eigenvalue weighted by Gasteiger charge is 2.28. The van der Waals surface area contributed by atoms with Crippen LogP contribution in [0.5, 0.6) is 0 Å². The van der Waals surface area contributed by atoms with Gasteiger partial charge in [0.05, 0.1) is 17.9 Å². The van der Waals surface area contributed by atoms with E-state index in [1.807, 2.05) is 16.8 Å². The molecule has 4 nitrogen and oxygen atoms in total. The highest BCUT2D eigenvalue weighted by molar-refractivity contribution is 7.94. The summed E-state index contributed by atoms with van der Waals surface area (Å²) in [5.41, 5.74) is 2.06. The van der Waals surface area contributed by atoms with Crippen molar-refractivity contribution < 1.29 is 13.5 Å². The van der Waals surface area contributed by atoms with E-state index in [1.165, 1.54) is 5.41 Å². The third-order valence-electron chi connectivity index (χ3n) is 3.58. The fourth-order valence-electron chi connectivity index (χ4n) is 2.73. The first-order valence-electron chi connectivity index (χ1n) is 5.85. The molecule has 0 saturated carbocycles. The first-order chi connectivity index (χ1) is 8.07. The van der Waals surface area contributed by atoms with Crippen molar-refractivity contribution in [2.24, 2.45) is 0 Å². The van der Waals surface area contributed by atoms with Crippen LogP contribution in [-0.2, 0) is 16.3 Å². The van der Waals surface area contributed by atoms with Crippen molar-refractivity contribution in [3.63, 3.8) is 0 Å². The van der Waals surface area contributed by atoms with E-state index >= 15 is 0 Å². The third kappa shape index (κ3) is 1.83. The van der Waals surface area contributed by atoms with Crippen LogP contribution >= 0.6 is 0 Å². The fourth-order valence-corrected chi connectivity index (χ4v) is 4.01. The average Bonchev–Trinajstić information content (AvgIpc) is 2.82. The Morgan fingerprint density at radius 1 is 1.41 bits per heavy atom. The predicted molar refractivity (Wildman–Crippen MR) is 64.3 cm³/mol. The van der Waals surface area contributed by atoms with E-state index in [9.17, 15) is 13.5 Å². The lowest BCUT2D eigenvalue weighted by molar-refractivity contribution is 0.155. The number of sulfone groups is 1. The molecule has 0 bridgehead atoms. The van der Waals surface area contributed by atoms with E-state index in [-0.39, 0.29) is 17.9 Å². The molecule has 92 valence electrons. The number of aliphatic hydroxyl groups is 1. The van der Waals surface area contributed by atoms with Gasteiger partial charge in [-0.3, -0.25) is 0 Å². The van der Waals surface area contributed by atoms with Gasteiger partial charge in [-0.1, -0.05) is 0 Å². The van der Waals surface area contributed by atoms with Crippen molar-refractivity contribution in [1.82, 2.24) is 4.57 Å². The number of nitrogens with zero attached hydrogens (tertiary/aromatic N) is 1. The average molecular weight is 253 g/mol. The molecule has 0 spiro atoms. The molecule has 1 aliphatic heterocycles. The van der Waals surface area contributed by atoms with Crippen LogP contribution in [0.4, 0.5) is 0 Å². The van der Waals surface area contributed by atoms with Crippen molar-refractivity contribution >= 4 is 9.84 Å². The summed E-state index contributed by atoms with van der Waals surface area (Å²) in [5.74, 6) is 0.143. The van der Waals surface area contributed by atoms with Crippen LogP contribution in [0.25, 0.3) is 0 Å².